The van der Waals surface area contributed by atoms with Gasteiger partial charge < -0.3 is 20.1 Å². The number of rotatable bonds is 7. The van der Waals surface area contributed by atoms with Gasteiger partial charge in [0.1, 0.15) is 5.82 Å². The summed E-state index contributed by atoms with van der Waals surface area (Å²) in [7, 11) is 3.73. The Kier molecular flexibility index (Phi) is 8.67. The lowest BCUT2D eigenvalue weighted by molar-refractivity contribution is -0.0260. The molecule has 1 unspecified atom stereocenters. The molecule has 6 nitrogen and oxygen atoms in total. The van der Waals surface area contributed by atoms with Crippen LogP contribution in [0.25, 0.3) is 0 Å². The first-order valence-electron chi connectivity index (χ1n) is 7.42. The van der Waals surface area contributed by atoms with Gasteiger partial charge in [-0.3, -0.25) is 4.90 Å². The Balaban J connectivity index is 0.00000242. The van der Waals surface area contributed by atoms with Crippen LogP contribution in [0.15, 0.2) is 18.3 Å². The number of aromatic nitrogens is 1. The average molecular weight is 331 g/mol. The first-order chi connectivity index (χ1) is 10.2. The van der Waals surface area contributed by atoms with E-state index in [0.717, 1.165) is 38.6 Å². The number of hydrogen-bond donors (Lipinski definition) is 1. The molecule has 1 atom stereocenters. The lowest BCUT2D eigenvalue weighted by atomic mass is 10.2. The molecule has 2 N–H and O–H groups in total. The molecule has 1 aliphatic heterocycles. The van der Waals surface area contributed by atoms with Crippen LogP contribution in [0.5, 0.6) is 0 Å². The van der Waals surface area contributed by atoms with Crippen LogP contribution in [0, 0.1) is 0 Å². The van der Waals surface area contributed by atoms with Crippen LogP contribution < -0.4 is 10.6 Å². The van der Waals surface area contributed by atoms with Crippen molar-refractivity contribution in [2.24, 2.45) is 5.73 Å². The van der Waals surface area contributed by atoms with E-state index in [-0.39, 0.29) is 18.5 Å². The summed E-state index contributed by atoms with van der Waals surface area (Å²) in [6.45, 7) is 5.62. The highest BCUT2D eigenvalue weighted by molar-refractivity contribution is 5.85. The fourth-order valence-electron chi connectivity index (χ4n) is 2.40. The number of hydrogen-bond acceptors (Lipinski definition) is 6. The van der Waals surface area contributed by atoms with Gasteiger partial charge in [-0.15, -0.1) is 12.4 Å². The Bertz CT molecular complexity index is 419. The molecule has 2 rings (SSSR count). The zero-order valence-electron chi connectivity index (χ0n) is 13.4. The maximum absolute atomic E-state index is 5.67. The van der Waals surface area contributed by atoms with E-state index in [1.165, 1.54) is 5.56 Å². The van der Waals surface area contributed by atoms with Crippen LogP contribution in [-0.2, 0) is 16.0 Å². The highest BCUT2D eigenvalue weighted by Gasteiger charge is 2.19. The van der Waals surface area contributed by atoms with Crippen LogP contribution in [0.1, 0.15) is 5.56 Å². The zero-order valence-corrected chi connectivity index (χ0v) is 14.2. The summed E-state index contributed by atoms with van der Waals surface area (Å²) in [5.74, 6) is 0.970. The van der Waals surface area contributed by atoms with Crippen molar-refractivity contribution in [1.29, 1.82) is 0 Å². The number of methoxy groups -OCH3 is 1. The lowest BCUT2D eigenvalue weighted by Crippen LogP contribution is -2.45. The van der Waals surface area contributed by atoms with Gasteiger partial charge in [0.05, 0.1) is 19.3 Å². The largest absolute Gasteiger partial charge is 0.383 e. The van der Waals surface area contributed by atoms with Crippen LogP contribution in [0.2, 0.25) is 0 Å². The first-order valence-corrected chi connectivity index (χ1v) is 7.42. The molecule has 2 heterocycles. The second-order valence-electron chi connectivity index (χ2n) is 5.40. The van der Waals surface area contributed by atoms with Crippen molar-refractivity contribution in [3.8, 4) is 0 Å². The Morgan fingerprint density at radius 3 is 2.95 bits per heavy atom. The molecule has 0 aliphatic carbocycles. The summed E-state index contributed by atoms with van der Waals surface area (Å²) in [6, 6.07) is 4.20. The van der Waals surface area contributed by atoms with Gasteiger partial charge in [-0.1, -0.05) is 6.07 Å². The third kappa shape index (κ3) is 5.70. The number of nitrogens with zero attached hydrogens (tertiary/aromatic N) is 3. The first kappa shape index (κ1) is 19.1. The highest BCUT2D eigenvalue weighted by atomic mass is 35.5. The number of ether oxygens (including phenoxy) is 2. The zero-order chi connectivity index (χ0) is 15.1. The molecule has 126 valence electrons. The van der Waals surface area contributed by atoms with E-state index >= 15 is 0 Å². The number of likely N-dealkylation sites (N-methyl/N-ethyl adjacent to an activating group) is 1. The van der Waals surface area contributed by atoms with Crippen molar-refractivity contribution in [3.05, 3.63) is 23.9 Å². The van der Waals surface area contributed by atoms with Crippen LogP contribution in [0.4, 0.5) is 5.82 Å². The standard InChI is InChI=1S/C15H26N4O2.ClH/c1-18(5-7-20-2)15-4-3-13(10-17-15)11-19-6-8-21-14(9-16)12-19;/h3-4,10,14H,5-9,11-12,16H2,1-2H3;1H. The summed E-state index contributed by atoms with van der Waals surface area (Å²) in [5, 5.41) is 0. The quantitative estimate of drug-likeness (QED) is 0.796. The number of halogens is 1. The van der Waals surface area contributed by atoms with E-state index in [4.69, 9.17) is 15.2 Å². The minimum Gasteiger partial charge on any atom is -0.383 e. The van der Waals surface area contributed by atoms with Crippen molar-refractivity contribution in [2.75, 3.05) is 58.5 Å². The van der Waals surface area contributed by atoms with E-state index in [0.29, 0.717) is 13.2 Å². The van der Waals surface area contributed by atoms with E-state index in [9.17, 15) is 0 Å². The van der Waals surface area contributed by atoms with Gasteiger partial charge in [0.25, 0.3) is 0 Å². The Hall–Kier alpha value is -0.920. The predicted octanol–water partition coefficient (Wildman–Crippen LogP) is 0.746. The summed E-state index contributed by atoms with van der Waals surface area (Å²) in [5.41, 5.74) is 6.89. The molecule has 0 saturated carbocycles. The van der Waals surface area contributed by atoms with Gasteiger partial charge in [-0.25, -0.2) is 4.98 Å². The second kappa shape index (κ2) is 9.97. The normalized spacial score (nSPS) is 18.8. The molecule has 1 aromatic rings. The van der Waals surface area contributed by atoms with Crippen molar-refractivity contribution in [3.63, 3.8) is 0 Å². The molecule has 0 aromatic carbocycles. The van der Waals surface area contributed by atoms with Crippen molar-refractivity contribution in [1.82, 2.24) is 9.88 Å². The van der Waals surface area contributed by atoms with Gasteiger partial charge in [-0.05, 0) is 11.6 Å². The molecule has 0 radical (unpaired) electrons. The molecule has 1 fully saturated rings. The van der Waals surface area contributed by atoms with Crippen LogP contribution in [-0.4, -0.2) is 69.5 Å². The maximum atomic E-state index is 5.67. The predicted molar refractivity (Wildman–Crippen MR) is 90.7 cm³/mol. The molecule has 1 aliphatic rings. The van der Waals surface area contributed by atoms with Crippen LogP contribution >= 0.6 is 12.4 Å². The smallest absolute Gasteiger partial charge is 0.128 e. The van der Waals surface area contributed by atoms with Crippen LogP contribution in [0.3, 0.4) is 0 Å². The van der Waals surface area contributed by atoms with Gasteiger partial charge >= 0.3 is 0 Å². The van der Waals surface area contributed by atoms with Gasteiger partial charge in [0.15, 0.2) is 0 Å². The molecule has 0 bridgehead atoms. The van der Waals surface area contributed by atoms with Gasteiger partial charge in [-0.2, -0.15) is 0 Å². The fourth-order valence-corrected chi connectivity index (χ4v) is 2.40. The summed E-state index contributed by atoms with van der Waals surface area (Å²) < 4.78 is 10.7. The third-order valence-electron chi connectivity index (χ3n) is 3.72. The lowest BCUT2D eigenvalue weighted by Gasteiger charge is -2.32. The number of nitrogens with two attached hydrogens (primary N) is 1. The topological polar surface area (TPSA) is 63.9 Å². The number of morpholine rings is 1. The molecule has 1 saturated heterocycles. The number of anilines is 1. The molecule has 22 heavy (non-hydrogen) atoms. The van der Waals surface area contributed by atoms with Gasteiger partial charge in [0, 0.05) is 53.1 Å². The molecule has 0 spiro atoms. The summed E-state index contributed by atoms with van der Waals surface area (Å²) in [4.78, 5) is 8.98. The van der Waals surface area contributed by atoms with E-state index in [1.807, 2.05) is 13.2 Å². The molecule has 7 heteroatoms. The highest BCUT2D eigenvalue weighted by Crippen LogP contribution is 2.13. The SMILES string of the molecule is COCCN(C)c1ccc(CN2CCOC(CN)C2)cn1.Cl. The van der Waals surface area contributed by atoms with Crippen molar-refractivity contribution in [2.45, 2.75) is 12.6 Å². The van der Waals surface area contributed by atoms with E-state index < -0.39 is 0 Å². The Morgan fingerprint density at radius 2 is 2.32 bits per heavy atom. The Morgan fingerprint density at radius 1 is 1.50 bits per heavy atom. The number of pyridine rings is 1. The second-order valence-corrected chi connectivity index (χ2v) is 5.40. The maximum Gasteiger partial charge on any atom is 0.128 e. The summed E-state index contributed by atoms with van der Waals surface area (Å²) >= 11 is 0. The van der Waals surface area contributed by atoms with Gasteiger partial charge in [0.2, 0.25) is 0 Å². The van der Waals surface area contributed by atoms with E-state index in [1.54, 1.807) is 7.11 Å². The minimum atomic E-state index is 0. The fraction of sp³-hybridized carbons (Fsp3) is 0.667. The third-order valence-corrected chi connectivity index (χ3v) is 3.72. The van der Waals surface area contributed by atoms with Crippen molar-refractivity contribution < 1.29 is 9.47 Å². The van der Waals surface area contributed by atoms with Crippen molar-refractivity contribution >= 4 is 18.2 Å². The average Bonchev–Trinajstić information content (AvgIpc) is 2.53. The molecule has 0 amide bonds. The molecular weight excluding hydrogens is 304 g/mol. The monoisotopic (exact) mass is 330 g/mol. The molecule has 1 aromatic heterocycles. The molecular formula is C15H27ClN4O2. The summed E-state index contributed by atoms with van der Waals surface area (Å²) in [6.07, 6.45) is 2.11. The van der Waals surface area contributed by atoms with E-state index in [2.05, 4.69) is 26.9 Å². The minimum absolute atomic E-state index is 0. The Labute approximate surface area is 139 Å².